The van der Waals surface area contributed by atoms with Crippen LogP contribution < -0.4 is 11.2 Å². The van der Waals surface area contributed by atoms with Gasteiger partial charge in [-0.05, 0) is 19.1 Å². The summed E-state index contributed by atoms with van der Waals surface area (Å²) < 4.78 is 37.4. The van der Waals surface area contributed by atoms with Crippen LogP contribution in [0, 0.1) is 0 Å². The maximum atomic E-state index is 12.5. The van der Waals surface area contributed by atoms with Crippen LogP contribution in [0.15, 0.2) is 17.2 Å². The van der Waals surface area contributed by atoms with Gasteiger partial charge in [0.15, 0.2) is 0 Å². The van der Waals surface area contributed by atoms with E-state index < -0.39 is 11.7 Å². The molecule has 1 aromatic carbocycles. The van der Waals surface area contributed by atoms with Crippen molar-refractivity contribution in [3.8, 4) is 0 Å². The van der Waals surface area contributed by atoms with E-state index >= 15 is 0 Å². The average Bonchev–Trinajstić information content (AvgIpc) is 2.20. The van der Waals surface area contributed by atoms with Crippen LogP contribution in [-0.4, -0.2) is 12.3 Å². The molecule has 3 nitrogen and oxygen atoms in total. The Morgan fingerprint density at radius 1 is 1.33 bits per heavy atom. The minimum absolute atomic E-state index is 0.100. The second-order valence-corrected chi connectivity index (χ2v) is 4.38. The van der Waals surface area contributed by atoms with Crippen molar-refractivity contribution in [2.45, 2.75) is 19.1 Å². The van der Waals surface area contributed by atoms with Crippen LogP contribution >= 0.6 is 23.2 Å². The van der Waals surface area contributed by atoms with Gasteiger partial charge in [0.05, 0.1) is 21.3 Å². The molecule has 3 N–H and O–H groups in total. The van der Waals surface area contributed by atoms with Crippen LogP contribution in [0.2, 0.25) is 10.0 Å². The van der Waals surface area contributed by atoms with Crippen LogP contribution in [-0.2, 0) is 6.18 Å². The van der Waals surface area contributed by atoms with Crippen molar-refractivity contribution < 1.29 is 13.2 Å². The molecule has 1 unspecified atom stereocenters. The molecule has 0 fully saturated rings. The van der Waals surface area contributed by atoms with E-state index in [2.05, 4.69) is 10.5 Å². The normalized spacial score (nSPS) is 13.9. The molecule has 0 aliphatic rings. The molecule has 0 heterocycles. The Morgan fingerprint density at radius 3 is 2.22 bits per heavy atom. The van der Waals surface area contributed by atoms with Gasteiger partial charge in [0.25, 0.3) is 0 Å². The Bertz CT molecular complexity index is 435. The van der Waals surface area contributed by atoms with Crippen molar-refractivity contribution in [2.75, 3.05) is 5.43 Å². The van der Waals surface area contributed by atoms with Gasteiger partial charge in [0.1, 0.15) is 0 Å². The number of hydrazone groups is 1. The number of nitrogens with two attached hydrogens (primary N) is 1. The number of halogens is 5. The van der Waals surface area contributed by atoms with Gasteiger partial charge in [-0.1, -0.05) is 23.2 Å². The van der Waals surface area contributed by atoms with E-state index in [1.807, 2.05) is 0 Å². The van der Waals surface area contributed by atoms with E-state index in [9.17, 15) is 13.2 Å². The van der Waals surface area contributed by atoms with Gasteiger partial charge in [-0.25, -0.2) is 0 Å². The molecule has 100 valence electrons. The molecular weight excluding hydrogens is 290 g/mol. The number of nitrogens with one attached hydrogen (secondary N) is 1. The van der Waals surface area contributed by atoms with Gasteiger partial charge < -0.3 is 5.73 Å². The van der Waals surface area contributed by atoms with Crippen molar-refractivity contribution in [3.05, 3.63) is 27.7 Å². The second kappa shape index (κ2) is 5.77. The summed E-state index contributed by atoms with van der Waals surface area (Å²) in [5, 5.41) is 3.36. The molecule has 0 aliphatic heterocycles. The summed E-state index contributed by atoms with van der Waals surface area (Å²) in [5.74, 6) is 0. The van der Waals surface area contributed by atoms with Crippen molar-refractivity contribution in [3.63, 3.8) is 0 Å². The summed E-state index contributed by atoms with van der Waals surface area (Å²) in [6, 6.07) is 1.25. The first-order chi connectivity index (χ1) is 8.21. The molecular formula is C10H10Cl2F3N3. The van der Waals surface area contributed by atoms with E-state index in [1.165, 1.54) is 6.21 Å². The van der Waals surface area contributed by atoms with E-state index in [0.29, 0.717) is 0 Å². The molecule has 1 rings (SSSR count). The molecule has 0 saturated carbocycles. The SMILES string of the molecule is CC(N)/C=N/Nc1c(Cl)cc(C(F)(F)F)cc1Cl. The average molecular weight is 300 g/mol. The van der Waals surface area contributed by atoms with Crippen molar-refractivity contribution in [2.24, 2.45) is 10.8 Å². The first kappa shape index (κ1) is 15.1. The Balaban J connectivity index is 3.02. The molecule has 0 spiro atoms. The minimum atomic E-state index is -4.50. The van der Waals surface area contributed by atoms with Crippen LogP contribution in [0.25, 0.3) is 0 Å². The minimum Gasteiger partial charge on any atom is -0.323 e. The molecule has 1 atom stereocenters. The lowest BCUT2D eigenvalue weighted by Gasteiger charge is -2.11. The molecule has 8 heteroatoms. The lowest BCUT2D eigenvalue weighted by Crippen LogP contribution is -2.16. The summed E-state index contributed by atoms with van der Waals surface area (Å²) in [4.78, 5) is 0. The Kier molecular flexibility index (Phi) is 4.84. The molecule has 0 aliphatic carbocycles. The van der Waals surface area contributed by atoms with Gasteiger partial charge in [-0.3, -0.25) is 5.43 Å². The number of hydrogen-bond donors (Lipinski definition) is 2. The second-order valence-electron chi connectivity index (χ2n) is 3.56. The highest BCUT2D eigenvalue weighted by atomic mass is 35.5. The maximum Gasteiger partial charge on any atom is 0.416 e. The summed E-state index contributed by atoms with van der Waals surface area (Å²) in [6.07, 6.45) is -3.13. The number of nitrogens with zero attached hydrogens (tertiary/aromatic N) is 1. The summed E-state index contributed by atoms with van der Waals surface area (Å²) >= 11 is 11.4. The quantitative estimate of drug-likeness (QED) is 0.659. The first-order valence-corrected chi connectivity index (χ1v) is 5.58. The fourth-order valence-corrected chi connectivity index (χ4v) is 1.63. The zero-order valence-electron chi connectivity index (χ0n) is 9.22. The monoisotopic (exact) mass is 299 g/mol. The van der Waals surface area contributed by atoms with Gasteiger partial charge in [0.2, 0.25) is 0 Å². The van der Waals surface area contributed by atoms with Crippen molar-refractivity contribution in [1.82, 2.24) is 0 Å². The smallest absolute Gasteiger partial charge is 0.323 e. The summed E-state index contributed by atoms with van der Waals surface area (Å²) in [6.45, 7) is 1.68. The topological polar surface area (TPSA) is 50.4 Å². The largest absolute Gasteiger partial charge is 0.416 e. The Morgan fingerprint density at radius 2 is 1.83 bits per heavy atom. The van der Waals surface area contributed by atoms with Gasteiger partial charge in [-0.15, -0.1) is 0 Å². The van der Waals surface area contributed by atoms with E-state index in [4.69, 9.17) is 28.9 Å². The van der Waals surface area contributed by atoms with Gasteiger partial charge in [-0.2, -0.15) is 18.3 Å². The standard InChI is InChI=1S/C10H10Cl2F3N3/c1-5(16)4-17-18-9-7(11)2-6(3-8(9)12)10(13,14)15/h2-5,18H,16H2,1H3/b17-4+. The number of anilines is 1. The zero-order valence-corrected chi connectivity index (χ0v) is 10.7. The van der Waals surface area contributed by atoms with Gasteiger partial charge >= 0.3 is 6.18 Å². The third kappa shape index (κ3) is 4.04. The fourth-order valence-electron chi connectivity index (χ4n) is 1.06. The molecule has 0 saturated heterocycles. The van der Waals surface area contributed by atoms with E-state index in [-0.39, 0.29) is 21.8 Å². The molecule has 0 bridgehead atoms. The van der Waals surface area contributed by atoms with Crippen LogP contribution in [0.1, 0.15) is 12.5 Å². The third-order valence-electron chi connectivity index (χ3n) is 1.86. The van der Waals surface area contributed by atoms with E-state index in [1.54, 1.807) is 6.92 Å². The first-order valence-electron chi connectivity index (χ1n) is 4.83. The highest BCUT2D eigenvalue weighted by molar-refractivity contribution is 6.39. The predicted molar refractivity (Wildman–Crippen MR) is 67.2 cm³/mol. The molecule has 0 aromatic heterocycles. The van der Waals surface area contributed by atoms with Gasteiger partial charge in [0, 0.05) is 12.3 Å². The Labute approximate surface area is 112 Å². The summed E-state index contributed by atoms with van der Waals surface area (Å²) in [5.41, 5.74) is 7.04. The zero-order chi connectivity index (χ0) is 13.9. The predicted octanol–water partition coefficient (Wildman–Crippen LogP) is 3.76. The highest BCUT2D eigenvalue weighted by Gasteiger charge is 2.31. The van der Waals surface area contributed by atoms with Crippen LogP contribution in [0.4, 0.5) is 18.9 Å². The number of rotatable bonds is 3. The lowest BCUT2D eigenvalue weighted by molar-refractivity contribution is -0.137. The number of benzene rings is 1. The maximum absolute atomic E-state index is 12.5. The molecule has 18 heavy (non-hydrogen) atoms. The van der Waals surface area contributed by atoms with Crippen molar-refractivity contribution in [1.29, 1.82) is 0 Å². The highest BCUT2D eigenvalue weighted by Crippen LogP contribution is 2.38. The molecule has 1 aromatic rings. The number of hydrogen-bond acceptors (Lipinski definition) is 3. The van der Waals surface area contributed by atoms with Crippen molar-refractivity contribution >= 4 is 35.1 Å². The van der Waals surface area contributed by atoms with Crippen LogP contribution in [0.3, 0.4) is 0 Å². The Hall–Kier alpha value is -0.980. The number of alkyl halides is 3. The lowest BCUT2D eigenvalue weighted by atomic mass is 10.2. The van der Waals surface area contributed by atoms with Crippen LogP contribution in [0.5, 0.6) is 0 Å². The third-order valence-corrected chi connectivity index (χ3v) is 2.45. The molecule has 0 amide bonds. The van der Waals surface area contributed by atoms with E-state index in [0.717, 1.165) is 12.1 Å². The summed E-state index contributed by atoms with van der Waals surface area (Å²) in [7, 11) is 0. The fraction of sp³-hybridized carbons (Fsp3) is 0.300. The molecule has 0 radical (unpaired) electrons.